The first-order chi connectivity index (χ1) is 12.8. The first kappa shape index (κ1) is 19.9. The summed E-state index contributed by atoms with van der Waals surface area (Å²) in [6.07, 6.45) is 2.43. The van der Waals surface area contributed by atoms with Crippen LogP contribution in [-0.2, 0) is 44.2 Å². The predicted molar refractivity (Wildman–Crippen MR) is 106 cm³/mol. The lowest BCUT2D eigenvalue weighted by Gasteiger charge is -2.22. The van der Waals surface area contributed by atoms with Crippen molar-refractivity contribution in [2.45, 2.75) is 56.6 Å². The molecule has 0 heterocycles. The van der Waals surface area contributed by atoms with E-state index in [9.17, 15) is 18.7 Å². The van der Waals surface area contributed by atoms with Crippen molar-refractivity contribution in [3.8, 4) is 0 Å². The average molecular weight is 387 g/mol. The van der Waals surface area contributed by atoms with E-state index in [0.717, 1.165) is 27.8 Å². The van der Waals surface area contributed by atoms with Crippen LogP contribution in [0.2, 0.25) is 0 Å². The number of aliphatic hydroxyl groups excluding tert-OH is 1. The van der Waals surface area contributed by atoms with Crippen molar-refractivity contribution >= 4 is 16.0 Å². The highest BCUT2D eigenvalue weighted by molar-refractivity contribution is 7.97. The lowest BCUT2D eigenvalue weighted by atomic mass is 9.89. The number of carbonyl (C=O) groups is 1. The second-order valence-electron chi connectivity index (χ2n) is 7.45. The monoisotopic (exact) mass is 386 g/mol. The van der Waals surface area contributed by atoms with E-state index in [2.05, 4.69) is 0 Å². The Morgan fingerprint density at radius 1 is 1.07 bits per heavy atom. The van der Waals surface area contributed by atoms with Crippen molar-refractivity contribution in [3.05, 3.63) is 63.7 Å². The van der Waals surface area contributed by atoms with Gasteiger partial charge in [0.25, 0.3) is 0 Å². The Balaban J connectivity index is 2.00. The zero-order valence-corrected chi connectivity index (χ0v) is 16.7. The van der Waals surface area contributed by atoms with Gasteiger partial charge >= 0.3 is 0 Å². The summed E-state index contributed by atoms with van der Waals surface area (Å²) in [6.45, 7) is 3.99. The van der Waals surface area contributed by atoms with E-state index in [-0.39, 0.29) is 18.1 Å². The van der Waals surface area contributed by atoms with Crippen LogP contribution >= 0.6 is 0 Å². The summed E-state index contributed by atoms with van der Waals surface area (Å²) in [4.78, 5) is 12.1. The van der Waals surface area contributed by atoms with Crippen LogP contribution in [0.15, 0.2) is 35.2 Å². The molecule has 1 aliphatic rings. The van der Waals surface area contributed by atoms with Gasteiger partial charge in [-0.05, 0) is 61.4 Å². The van der Waals surface area contributed by atoms with E-state index in [1.54, 1.807) is 6.07 Å². The molecule has 2 aromatic carbocycles. The molecule has 0 radical (unpaired) electrons. The predicted octanol–water partition coefficient (Wildman–Crippen LogP) is 3.48. The van der Waals surface area contributed by atoms with E-state index < -0.39 is 10.2 Å². The topological polar surface area (TPSA) is 77.4 Å². The molecule has 2 aromatic rings. The zero-order chi connectivity index (χ0) is 19.6. The highest BCUT2D eigenvalue weighted by Crippen LogP contribution is 2.32. The Kier molecular flexibility index (Phi) is 5.94. The largest absolute Gasteiger partial charge is 0.610 e. The Labute approximate surface area is 161 Å². The minimum absolute atomic E-state index is 0.00661. The number of Topliss-reactive ketones (excluding diaryl/α,β-unsaturated/α-hetero) is 1. The summed E-state index contributed by atoms with van der Waals surface area (Å²) in [5.74, 6) is 0.152. The summed E-state index contributed by atoms with van der Waals surface area (Å²) in [7, 11) is -3.52. The maximum absolute atomic E-state index is 13.2. The van der Waals surface area contributed by atoms with Gasteiger partial charge in [-0.2, -0.15) is 0 Å². The minimum Gasteiger partial charge on any atom is -0.610 e. The van der Waals surface area contributed by atoms with Crippen molar-refractivity contribution in [1.82, 2.24) is 0 Å². The number of aryl methyl sites for hydroxylation is 4. The fourth-order valence-electron chi connectivity index (χ4n) is 3.63. The highest BCUT2D eigenvalue weighted by Gasteiger charge is 2.28. The molecular formula is C22H26O4S. The molecule has 144 valence electrons. The third-order valence-corrected chi connectivity index (χ3v) is 7.07. The zero-order valence-electron chi connectivity index (χ0n) is 15.9. The first-order valence-electron chi connectivity index (χ1n) is 9.36. The standard InChI is InChI=1S/C22H26O4S/c1-15-5-6-17(10-16(15)2)14-27(25,26)22-13-18-7-8-21(24)12-20(18)11-19(22)4-3-9-23/h5-6,10-11,13,23H,3-4,7-9,12,14H2,1-2H3. The molecule has 27 heavy (non-hydrogen) atoms. The molecule has 1 N–H and O–H groups in total. The van der Waals surface area contributed by atoms with E-state index in [0.29, 0.717) is 42.6 Å². The smallest absolute Gasteiger partial charge is 0.159 e. The Hall–Kier alpha value is -1.82. The van der Waals surface area contributed by atoms with Gasteiger partial charge in [0.1, 0.15) is 11.5 Å². The van der Waals surface area contributed by atoms with Crippen molar-refractivity contribution < 1.29 is 18.7 Å². The molecule has 4 nitrogen and oxygen atoms in total. The van der Waals surface area contributed by atoms with Crippen LogP contribution in [0, 0.1) is 13.8 Å². The molecule has 0 amide bonds. The molecule has 5 heteroatoms. The maximum Gasteiger partial charge on any atom is 0.159 e. The van der Waals surface area contributed by atoms with Crippen LogP contribution in [0.5, 0.6) is 0 Å². The number of hydrogen-bond acceptors (Lipinski definition) is 4. The van der Waals surface area contributed by atoms with Crippen molar-refractivity contribution in [2.75, 3.05) is 6.61 Å². The van der Waals surface area contributed by atoms with Crippen LogP contribution in [0.4, 0.5) is 0 Å². The Bertz CT molecular complexity index is 917. The lowest BCUT2D eigenvalue weighted by Crippen LogP contribution is -2.20. The number of fused-ring (bicyclic) bond motifs is 1. The van der Waals surface area contributed by atoms with Crippen LogP contribution in [0.3, 0.4) is 0 Å². The number of hydrogen-bond donors (Lipinski definition) is 1. The van der Waals surface area contributed by atoms with Gasteiger partial charge in [-0.1, -0.05) is 24.3 Å². The molecule has 0 aromatic heterocycles. The average Bonchev–Trinajstić information content (AvgIpc) is 2.62. The van der Waals surface area contributed by atoms with Crippen LogP contribution < -0.4 is 0 Å². The molecule has 0 saturated heterocycles. The number of carbonyl (C=O) groups excluding carboxylic acids is 1. The highest BCUT2D eigenvalue weighted by atomic mass is 32.3. The molecule has 0 fully saturated rings. The number of rotatable bonds is 6. The molecule has 1 atom stereocenters. The van der Waals surface area contributed by atoms with Gasteiger partial charge in [-0.15, -0.1) is 4.21 Å². The van der Waals surface area contributed by atoms with E-state index >= 15 is 0 Å². The van der Waals surface area contributed by atoms with Crippen LogP contribution in [0.25, 0.3) is 0 Å². The van der Waals surface area contributed by atoms with Crippen molar-refractivity contribution in [1.29, 1.82) is 0 Å². The summed E-state index contributed by atoms with van der Waals surface area (Å²) in [6, 6.07) is 9.38. The quantitative estimate of drug-likeness (QED) is 0.771. The molecule has 0 spiro atoms. The van der Waals surface area contributed by atoms with Gasteiger partial charge in [0.15, 0.2) is 4.90 Å². The number of ketones is 1. The summed E-state index contributed by atoms with van der Waals surface area (Å²) in [5, 5.41) is 9.19. The molecule has 3 rings (SSSR count). The summed E-state index contributed by atoms with van der Waals surface area (Å²) < 4.78 is 26.4. The normalized spacial score (nSPS) is 16.1. The summed E-state index contributed by atoms with van der Waals surface area (Å²) in [5.41, 5.74) is 5.59. The Morgan fingerprint density at radius 3 is 2.56 bits per heavy atom. The molecule has 0 aliphatic heterocycles. The second kappa shape index (κ2) is 8.05. The maximum atomic E-state index is 13.2. The van der Waals surface area contributed by atoms with Gasteiger partial charge < -0.3 is 9.66 Å². The molecule has 0 saturated carbocycles. The number of aliphatic hydroxyl groups is 1. The van der Waals surface area contributed by atoms with Gasteiger partial charge in [-0.25, -0.2) is 0 Å². The van der Waals surface area contributed by atoms with Gasteiger partial charge in [0.05, 0.1) is 10.2 Å². The lowest BCUT2D eigenvalue weighted by molar-refractivity contribution is -0.118. The van der Waals surface area contributed by atoms with Gasteiger partial charge in [-0.3, -0.25) is 4.79 Å². The molecule has 0 bridgehead atoms. The fourth-order valence-corrected chi connectivity index (χ4v) is 5.29. The van der Waals surface area contributed by atoms with Crippen LogP contribution in [-0.4, -0.2) is 22.0 Å². The van der Waals surface area contributed by atoms with E-state index in [1.807, 2.05) is 38.1 Å². The van der Waals surface area contributed by atoms with Crippen molar-refractivity contribution in [2.24, 2.45) is 0 Å². The molecular weight excluding hydrogens is 360 g/mol. The van der Waals surface area contributed by atoms with E-state index in [1.165, 1.54) is 0 Å². The number of sulfone groups is 1. The Morgan fingerprint density at radius 2 is 1.85 bits per heavy atom. The molecule has 1 aliphatic carbocycles. The number of benzene rings is 2. The molecule has 1 unspecified atom stereocenters. The minimum atomic E-state index is -3.52. The van der Waals surface area contributed by atoms with Gasteiger partial charge in [0.2, 0.25) is 0 Å². The van der Waals surface area contributed by atoms with Crippen LogP contribution in [0.1, 0.15) is 46.2 Å². The van der Waals surface area contributed by atoms with Gasteiger partial charge in [0, 0.05) is 30.6 Å². The van der Waals surface area contributed by atoms with E-state index in [4.69, 9.17) is 0 Å². The fraction of sp³-hybridized carbons (Fsp3) is 0.409. The second-order valence-corrected chi connectivity index (χ2v) is 9.41. The first-order valence-corrected chi connectivity index (χ1v) is 11.0. The SMILES string of the molecule is Cc1ccc(C[S+](=O)([O-])c2cc3c(cc2CCCO)CC(=O)CC3)cc1C. The third kappa shape index (κ3) is 4.54. The van der Waals surface area contributed by atoms with Crippen molar-refractivity contribution in [3.63, 3.8) is 0 Å². The third-order valence-electron chi connectivity index (χ3n) is 5.31. The summed E-state index contributed by atoms with van der Waals surface area (Å²) >= 11 is 0.